The van der Waals surface area contributed by atoms with Crippen molar-refractivity contribution in [3.63, 3.8) is 0 Å². The zero-order chi connectivity index (χ0) is 15.6. The summed E-state index contributed by atoms with van der Waals surface area (Å²) in [6.07, 6.45) is 2.27. The summed E-state index contributed by atoms with van der Waals surface area (Å²) < 4.78 is 40.3. The smallest absolute Gasteiger partial charge is 0.251 e. The third kappa shape index (κ3) is 4.01. The van der Waals surface area contributed by atoms with E-state index in [4.69, 9.17) is 0 Å². The Labute approximate surface area is 124 Å². The van der Waals surface area contributed by atoms with Crippen LogP contribution < -0.4 is 10.0 Å². The van der Waals surface area contributed by atoms with E-state index in [2.05, 4.69) is 10.0 Å². The first kappa shape index (κ1) is 15.9. The van der Waals surface area contributed by atoms with Crippen LogP contribution in [0.15, 0.2) is 23.1 Å². The Kier molecular flexibility index (Phi) is 4.63. The third-order valence-electron chi connectivity index (χ3n) is 3.37. The summed E-state index contributed by atoms with van der Waals surface area (Å²) in [7, 11) is -3.92. The second kappa shape index (κ2) is 6.11. The number of carbonyl (C=O) groups is 1. The molecule has 1 amide bonds. The van der Waals surface area contributed by atoms with E-state index in [0.717, 1.165) is 31.4 Å². The van der Waals surface area contributed by atoms with Gasteiger partial charge in [-0.15, -0.1) is 0 Å². The standard InChI is InChI=1S/C14H19FN2O3S/c1-3-9(2)16-14(18)10-4-7-12(15)13(8-10)21(19,20)17-11-5-6-11/h4,7-9,11,17H,3,5-6H2,1-2H3,(H,16,18). The van der Waals surface area contributed by atoms with Crippen LogP contribution in [0.25, 0.3) is 0 Å². The van der Waals surface area contributed by atoms with Gasteiger partial charge in [0, 0.05) is 17.6 Å². The minimum absolute atomic E-state index is 0.0350. The van der Waals surface area contributed by atoms with Crippen molar-refractivity contribution in [2.75, 3.05) is 0 Å². The van der Waals surface area contributed by atoms with Crippen molar-refractivity contribution in [1.29, 1.82) is 0 Å². The van der Waals surface area contributed by atoms with Gasteiger partial charge < -0.3 is 5.32 Å². The van der Waals surface area contributed by atoms with Crippen LogP contribution in [0.3, 0.4) is 0 Å². The van der Waals surface area contributed by atoms with Crippen LogP contribution in [-0.2, 0) is 10.0 Å². The van der Waals surface area contributed by atoms with Crippen molar-refractivity contribution in [3.05, 3.63) is 29.6 Å². The summed E-state index contributed by atoms with van der Waals surface area (Å²) in [5.74, 6) is -1.27. The Morgan fingerprint density at radius 1 is 1.43 bits per heavy atom. The monoisotopic (exact) mass is 314 g/mol. The van der Waals surface area contributed by atoms with Crippen LogP contribution in [0.5, 0.6) is 0 Å². The van der Waals surface area contributed by atoms with Gasteiger partial charge in [0.15, 0.2) is 0 Å². The molecule has 0 bridgehead atoms. The zero-order valence-electron chi connectivity index (χ0n) is 12.0. The molecule has 116 valence electrons. The van der Waals surface area contributed by atoms with Gasteiger partial charge in [0.1, 0.15) is 10.7 Å². The van der Waals surface area contributed by atoms with Gasteiger partial charge in [-0.05, 0) is 44.4 Å². The van der Waals surface area contributed by atoms with Crippen molar-refractivity contribution in [1.82, 2.24) is 10.0 Å². The highest BCUT2D eigenvalue weighted by Crippen LogP contribution is 2.24. The number of halogens is 1. The van der Waals surface area contributed by atoms with Crippen LogP contribution in [0, 0.1) is 5.82 Å². The molecule has 1 atom stereocenters. The molecular formula is C14H19FN2O3S. The van der Waals surface area contributed by atoms with Gasteiger partial charge in [0.05, 0.1) is 0 Å². The minimum Gasteiger partial charge on any atom is -0.350 e. The maximum absolute atomic E-state index is 13.8. The molecule has 5 nitrogen and oxygen atoms in total. The van der Waals surface area contributed by atoms with Crippen LogP contribution in [0.2, 0.25) is 0 Å². The van der Waals surface area contributed by atoms with Crippen LogP contribution in [-0.4, -0.2) is 26.4 Å². The summed E-state index contributed by atoms with van der Waals surface area (Å²) in [5.41, 5.74) is 0.132. The molecule has 1 fully saturated rings. The normalized spacial score (nSPS) is 16.5. The maximum atomic E-state index is 13.8. The van der Waals surface area contributed by atoms with Crippen molar-refractivity contribution in [2.45, 2.75) is 50.1 Å². The highest BCUT2D eigenvalue weighted by atomic mass is 32.2. The fourth-order valence-corrected chi connectivity index (χ4v) is 3.15. The molecule has 1 aromatic carbocycles. The summed E-state index contributed by atoms with van der Waals surface area (Å²) in [6.45, 7) is 3.76. The van der Waals surface area contributed by atoms with E-state index < -0.39 is 26.6 Å². The molecule has 0 saturated heterocycles. The lowest BCUT2D eigenvalue weighted by Crippen LogP contribution is -2.32. The van der Waals surface area contributed by atoms with Gasteiger partial charge in [0.25, 0.3) is 5.91 Å². The Morgan fingerprint density at radius 3 is 2.67 bits per heavy atom. The number of benzene rings is 1. The van der Waals surface area contributed by atoms with E-state index in [-0.39, 0.29) is 17.6 Å². The third-order valence-corrected chi connectivity index (χ3v) is 4.91. The summed E-state index contributed by atoms with van der Waals surface area (Å²) >= 11 is 0. The van der Waals surface area contributed by atoms with Crippen molar-refractivity contribution in [3.8, 4) is 0 Å². The molecule has 1 saturated carbocycles. The average Bonchev–Trinajstić information content (AvgIpc) is 3.21. The first-order valence-electron chi connectivity index (χ1n) is 6.96. The number of carbonyl (C=O) groups excluding carboxylic acids is 1. The second-order valence-corrected chi connectivity index (χ2v) is 7.01. The largest absolute Gasteiger partial charge is 0.350 e. The summed E-state index contributed by atoms with van der Waals surface area (Å²) in [6, 6.07) is 3.22. The van der Waals surface area contributed by atoms with Crippen LogP contribution in [0.1, 0.15) is 43.5 Å². The number of rotatable bonds is 6. The van der Waals surface area contributed by atoms with Crippen molar-refractivity contribution < 1.29 is 17.6 Å². The molecule has 1 aliphatic rings. The fraction of sp³-hybridized carbons (Fsp3) is 0.500. The Morgan fingerprint density at radius 2 is 2.10 bits per heavy atom. The fourth-order valence-electron chi connectivity index (χ4n) is 1.74. The van der Waals surface area contributed by atoms with Crippen LogP contribution >= 0.6 is 0 Å². The molecule has 0 aliphatic heterocycles. The van der Waals surface area contributed by atoms with Crippen LogP contribution in [0.4, 0.5) is 4.39 Å². The Bertz CT molecular complexity index is 642. The molecule has 1 unspecified atom stereocenters. The number of nitrogens with one attached hydrogen (secondary N) is 2. The first-order valence-corrected chi connectivity index (χ1v) is 8.44. The van der Waals surface area contributed by atoms with Gasteiger partial charge in [0.2, 0.25) is 10.0 Å². The number of amides is 1. The van der Waals surface area contributed by atoms with Crippen molar-refractivity contribution >= 4 is 15.9 Å². The molecule has 1 aromatic rings. The average molecular weight is 314 g/mol. The van der Waals surface area contributed by atoms with E-state index in [1.165, 1.54) is 6.07 Å². The van der Waals surface area contributed by atoms with Gasteiger partial charge >= 0.3 is 0 Å². The zero-order valence-corrected chi connectivity index (χ0v) is 12.8. The topological polar surface area (TPSA) is 75.3 Å². The molecular weight excluding hydrogens is 295 g/mol. The number of hydrogen-bond donors (Lipinski definition) is 2. The van der Waals surface area contributed by atoms with E-state index in [1.54, 1.807) is 0 Å². The first-order chi connectivity index (χ1) is 9.83. The van der Waals surface area contributed by atoms with E-state index in [0.29, 0.717) is 0 Å². The quantitative estimate of drug-likeness (QED) is 0.840. The molecule has 0 aromatic heterocycles. The predicted molar refractivity (Wildman–Crippen MR) is 77.0 cm³/mol. The lowest BCUT2D eigenvalue weighted by Gasteiger charge is -2.12. The predicted octanol–water partition coefficient (Wildman–Crippen LogP) is 1.79. The SMILES string of the molecule is CCC(C)NC(=O)c1ccc(F)c(S(=O)(=O)NC2CC2)c1. The van der Waals surface area contributed by atoms with Gasteiger partial charge in [-0.1, -0.05) is 6.92 Å². The highest BCUT2D eigenvalue weighted by molar-refractivity contribution is 7.89. The maximum Gasteiger partial charge on any atom is 0.251 e. The highest BCUT2D eigenvalue weighted by Gasteiger charge is 2.30. The van der Waals surface area contributed by atoms with Crippen molar-refractivity contribution in [2.24, 2.45) is 0 Å². The van der Waals surface area contributed by atoms with E-state index >= 15 is 0 Å². The molecule has 0 spiro atoms. The van der Waals surface area contributed by atoms with Gasteiger partial charge in [-0.2, -0.15) is 0 Å². The molecule has 21 heavy (non-hydrogen) atoms. The van der Waals surface area contributed by atoms with E-state index in [1.807, 2.05) is 13.8 Å². The molecule has 2 N–H and O–H groups in total. The van der Waals surface area contributed by atoms with Gasteiger partial charge in [-0.25, -0.2) is 17.5 Å². The van der Waals surface area contributed by atoms with E-state index in [9.17, 15) is 17.6 Å². The lowest BCUT2D eigenvalue weighted by molar-refractivity contribution is 0.0939. The molecule has 1 aliphatic carbocycles. The second-order valence-electron chi connectivity index (χ2n) is 5.32. The Balaban J connectivity index is 2.26. The Hall–Kier alpha value is -1.47. The summed E-state index contributed by atoms with van der Waals surface area (Å²) in [5, 5.41) is 2.72. The number of sulfonamides is 1. The summed E-state index contributed by atoms with van der Waals surface area (Å²) in [4.78, 5) is 11.5. The number of hydrogen-bond acceptors (Lipinski definition) is 3. The minimum atomic E-state index is -3.92. The van der Waals surface area contributed by atoms with Gasteiger partial charge in [-0.3, -0.25) is 4.79 Å². The lowest BCUT2D eigenvalue weighted by atomic mass is 10.2. The molecule has 7 heteroatoms. The molecule has 0 heterocycles. The molecule has 2 rings (SSSR count). The molecule has 0 radical (unpaired) electrons.